The summed E-state index contributed by atoms with van der Waals surface area (Å²) in [5, 5.41) is 6.84. The Balaban J connectivity index is 2.26. The van der Waals surface area contributed by atoms with E-state index in [-0.39, 0.29) is 11.4 Å². The van der Waals surface area contributed by atoms with E-state index in [2.05, 4.69) is 16.0 Å². The van der Waals surface area contributed by atoms with Gasteiger partial charge in [0, 0.05) is 29.4 Å². The molecule has 0 heterocycles. The van der Waals surface area contributed by atoms with Crippen molar-refractivity contribution in [3.05, 3.63) is 59.7 Å². The van der Waals surface area contributed by atoms with Gasteiger partial charge in [-0.3, -0.25) is 0 Å². The van der Waals surface area contributed by atoms with Crippen LogP contribution in [-0.2, 0) is 5.92 Å². The molecule has 0 radical (unpaired) electrons. The summed E-state index contributed by atoms with van der Waals surface area (Å²) in [6.07, 6.45) is 0. The molecule has 2 aromatic carbocycles. The molecule has 0 spiro atoms. The summed E-state index contributed by atoms with van der Waals surface area (Å²) in [4.78, 5) is 0. The predicted octanol–water partition coefficient (Wildman–Crippen LogP) is 2.63. The molecule has 2 aromatic rings. The largest absolute Gasteiger partial charge is 0.382 e. The van der Waals surface area contributed by atoms with Crippen LogP contribution in [0.1, 0.15) is 18.1 Å². The molecular weight excluding hydrogens is 288 g/mol. The van der Waals surface area contributed by atoms with Gasteiger partial charge in [-0.15, -0.1) is 5.10 Å². The highest BCUT2D eigenvalue weighted by Crippen LogP contribution is 2.28. The van der Waals surface area contributed by atoms with Crippen molar-refractivity contribution in [1.82, 2.24) is 5.53 Å². The van der Waals surface area contributed by atoms with Crippen molar-refractivity contribution < 1.29 is 8.78 Å². The van der Waals surface area contributed by atoms with Gasteiger partial charge < -0.3 is 11.1 Å². The zero-order chi connectivity index (χ0) is 16.2. The number of benzene rings is 2. The number of hydrazine groups is 1. The third-order valence-corrected chi connectivity index (χ3v) is 3.06. The highest BCUT2D eigenvalue weighted by atomic mass is 19.3. The second-order valence-electron chi connectivity index (χ2n) is 4.76. The Hall–Kier alpha value is -2.67. The lowest BCUT2D eigenvalue weighted by Gasteiger charge is -2.14. The highest BCUT2D eigenvalue weighted by Gasteiger charge is 2.23. The molecule has 0 bridgehead atoms. The molecule has 116 valence electrons. The van der Waals surface area contributed by atoms with E-state index in [0.29, 0.717) is 16.9 Å². The lowest BCUT2D eigenvalue weighted by atomic mass is 10.1. The minimum Gasteiger partial charge on any atom is -0.382 e. The number of hydrogen-bond acceptors (Lipinski definition) is 4. The van der Waals surface area contributed by atoms with Crippen molar-refractivity contribution in [3.8, 4) is 0 Å². The van der Waals surface area contributed by atoms with Gasteiger partial charge in [0.25, 0.3) is 5.92 Å². The number of anilines is 2. The Morgan fingerprint density at radius 2 is 1.73 bits per heavy atom. The molecule has 5 nitrogen and oxygen atoms in total. The van der Waals surface area contributed by atoms with Crippen molar-refractivity contribution in [1.29, 1.82) is 0 Å². The van der Waals surface area contributed by atoms with Crippen LogP contribution < -0.4 is 22.4 Å². The standard InChI is InChI=1S/C15H17F2N5/c1-15(16,17)10-6-8-11(9-7-10)20-13-5-3-2-4-12(13)14(18)21-22-19/h2-9,20,22H,19H2,1H3,(H2,18,21). The molecule has 0 unspecified atom stereocenters. The molecule has 0 amide bonds. The van der Waals surface area contributed by atoms with Gasteiger partial charge in [0.15, 0.2) is 5.84 Å². The van der Waals surface area contributed by atoms with E-state index in [1.807, 2.05) is 6.07 Å². The summed E-state index contributed by atoms with van der Waals surface area (Å²) in [5.74, 6) is 2.47. The van der Waals surface area contributed by atoms with Gasteiger partial charge in [-0.25, -0.2) is 20.2 Å². The molecule has 0 saturated heterocycles. The van der Waals surface area contributed by atoms with Gasteiger partial charge in [-0.2, -0.15) is 0 Å². The summed E-state index contributed by atoms with van der Waals surface area (Å²) < 4.78 is 26.4. The minimum absolute atomic E-state index is 0.0419. The number of nitrogens with two attached hydrogens (primary N) is 2. The van der Waals surface area contributed by atoms with Crippen molar-refractivity contribution >= 4 is 17.2 Å². The van der Waals surface area contributed by atoms with E-state index < -0.39 is 5.92 Å². The van der Waals surface area contributed by atoms with E-state index >= 15 is 0 Å². The Bertz CT molecular complexity index is 662. The van der Waals surface area contributed by atoms with Gasteiger partial charge in [-0.05, 0) is 24.3 Å². The number of nitrogens with zero attached hydrogens (tertiary/aromatic N) is 1. The van der Waals surface area contributed by atoms with Crippen LogP contribution in [0.3, 0.4) is 0 Å². The normalized spacial score (nSPS) is 12.1. The van der Waals surface area contributed by atoms with E-state index in [1.54, 1.807) is 30.3 Å². The van der Waals surface area contributed by atoms with Crippen LogP contribution in [0, 0.1) is 0 Å². The highest BCUT2D eigenvalue weighted by molar-refractivity contribution is 6.02. The lowest BCUT2D eigenvalue weighted by Crippen LogP contribution is -2.23. The first-order valence-electron chi connectivity index (χ1n) is 6.55. The number of halogens is 2. The fraction of sp³-hybridized carbons (Fsp3) is 0.133. The summed E-state index contributed by atoms with van der Waals surface area (Å²) in [5.41, 5.74) is 9.90. The first kappa shape index (κ1) is 15.7. The maximum atomic E-state index is 13.2. The average molecular weight is 305 g/mol. The van der Waals surface area contributed by atoms with Crippen molar-refractivity contribution in [2.45, 2.75) is 12.8 Å². The second kappa shape index (κ2) is 6.40. The van der Waals surface area contributed by atoms with Gasteiger partial charge in [0.1, 0.15) is 0 Å². The second-order valence-corrected chi connectivity index (χ2v) is 4.76. The first-order chi connectivity index (χ1) is 10.4. The topological polar surface area (TPSA) is 88.5 Å². The van der Waals surface area contributed by atoms with Gasteiger partial charge in [0.2, 0.25) is 0 Å². The minimum atomic E-state index is -2.86. The third-order valence-electron chi connectivity index (χ3n) is 3.06. The van der Waals surface area contributed by atoms with Crippen molar-refractivity contribution in [3.63, 3.8) is 0 Å². The third kappa shape index (κ3) is 3.70. The van der Waals surface area contributed by atoms with Crippen LogP contribution in [0.2, 0.25) is 0 Å². The summed E-state index contributed by atoms with van der Waals surface area (Å²) in [6.45, 7) is 0.863. The van der Waals surface area contributed by atoms with Crippen LogP contribution in [0.4, 0.5) is 20.2 Å². The first-order valence-corrected chi connectivity index (χ1v) is 6.55. The number of alkyl halides is 2. The van der Waals surface area contributed by atoms with Gasteiger partial charge in [-0.1, -0.05) is 24.3 Å². The van der Waals surface area contributed by atoms with Gasteiger partial charge >= 0.3 is 0 Å². The zero-order valence-electron chi connectivity index (χ0n) is 12.0. The SMILES string of the molecule is CC(F)(F)c1ccc(Nc2ccccc2/C(N)=N/NN)cc1. The van der Waals surface area contributed by atoms with Crippen LogP contribution in [0.15, 0.2) is 53.6 Å². The molecule has 0 atom stereocenters. The molecule has 0 aliphatic carbocycles. The van der Waals surface area contributed by atoms with Crippen LogP contribution in [0.25, 0.3) is 0 Å². The Morgan fingerprint density at radius 3 is 2.32 bits per heavy atom. The Kier molecular flexibility index (Phi) is 4.57. The fourth-order valence-corrected chi connectivity index (χ4v) is 1.95. The quantitative estimate of drug-likeness (QED) is 0.296. The molecule has 0 fully saturated rings. The molecule has 0 aliphatic rings. The van der Waals surface area contributed by atoms with Crippen molar-refractivity contribution in [2.24, 2.45) is 16.7 Å². The van der Waals surface area contributed by atoms with Crippen LogP contribution in [-0.4, -0.2) is 5.84 Å². The molecule has 6 N–H and O–H groups in total. The molecule has 0 saturated carbocycles. The van der Waals surface area contributed by atoms with Crippen molar-refractivity contribution in [2.75, 3.05) is 5.32 Å². The fourth-order valence-electron chi connectivity index (χ4n) is 1.95. The predicted molar refractivity (Wildman–Crippen MR) is 83.8 cm³/mol. The number of rotatable bonds is 5. The number of para-hydroxylation sites is 1. The molecular formula is C15H17F2N5. The summed E-state index contributed by atoms with van der Waals surface area (Å²) >= 11 is 0. The van der Waals surface area contributed by atoms with Crippen LogP contribution in [0.5, 0.6) is 0 Å². The smallest absolute Gasteiger partial charge is 0.270 e. The lowest BCUT2D eigenvalue weighted by molar-refractivity contribution is 0.0175. The Labute approximate surface area is 127 Å². The monoisotopic (exact) mass is 305 g/mol. The summed E-state index contributed by atoms with van der Waals surface area (Å²) in [7, 11) is 0. The van der Waals surface area contributed by atoms with E-state index in [9.17, 15) is 8.78 Å². The van der Waals surface area contributed by atoms with E-state index in [4.69, 9.17) is 11.6 Å². The Morgan fingerprint density at radius 1 is 1.09 bits per heavy atom. The van der Waals surface area contributed by atoms with E-state index in [0.717, 1.165) is 6.92 Å². The number of hydrogen-bond donors (Lipinski definition) is 4. The van der Waals surface area contributed by atoms with Gasteiger partial charge in [0.05, 0.1) is 0 Å². The average Bonchev–Trinajstić information content (AvgIpc) is 2.47. The molecule has 7 heteroatoms. The molecule has 0 aliphatic heterocycles. The van der Waals surface area contributed by atoms with E-state index in [1.165, 1.54) is 12.1 Å². The summed E-state index contributed by atoms with van der Waals surface area (Å²) in [6, 6.07) is 13.1. The zero-order valence-corrected chi connectivity index (χ0v) is 12.0. The maximum Gasteiger partial charge on any atom is 0.270 e. The molecule has 22 heavy (non-hydrogen) atoms. The molecule has 0 aromatic heterocycles. The number of hydrazone groups is 1. The number of nitrogens with one attached hydrogen (secondary N) is 2. The van der Waals surface area contributed by atoms with Crippen LogP contribution >= 0.6 is 0 Å². The maximum absolute atomic E-state index is 13.2. The molecule has 2 rings (SSSR count). The number of amidine groups is 1.